The van der Waals surface area contributed by atoms with E-state index in [9.17, 15) is 22.8 Å². The maximum atomic E-state index is 13.1. The molecule has 0 saturated carbocycles. The molecule has 1 heterocycles. The van der Waals surface area contributed by atoms with E-state index in [-0.39, 0.29) is 24.6 Å². The summed E-state index contributed by atoms with van der Waals surface area (Å²) in [5.41, 5.74) is -1.08. The van der Waals surface area contributed by atoms with Gasteiger partial charge in [0.25, 0.3) is 0 Å². The SMILES string of the molecule is CCC1NC(=O)CCN(c2ccccc2C(F)(F)F)C1=O. The van der Waals surface area contributed by atoms with Crippen molar-refractivity contribution in [3.05, 3.63) is 29.8 Å². The first-order chi connectivity index (χ1) is 9.84. The molecule has 0 aliphatic carbocycles. The number of alkyl halides is 3. The number of nitrogens with zero attached hydrogens (tertiary/aromatic N) is 1. The molecule has 1 saturated heterocycles. The monoisotopic (exact) mass is 300 g/mol. The van der Waals surface area contributed by atoms with Crippen LogP contribution >= 0.6 is 0 Å². The van der Waals surface area contributed by atoms with Crippen molar-refractivity contribution in [2.24, 2.45) is 0 Å². The van der Waals surface area contributed by atoms with Crippen LogP contribution in [0, 0.1) is 0 Å². The maximum absolute atomic E-state index is 13.1. The lowest BCUT2D eigenvalue weighted by Gasteiger charge is -2.26. The fourth-order valence-electron chi connectivity index (χ4n) is 2.30. The summed E-state index contributed by atoms with van der Waals surface area (Å²) in [6, 6.07) is 4.11. The molecule has 1 aromatic rings. The highest BCUT2D eigenvalue weighted by molar-refractivity contribution is 6.01. The Morgan fingerprint density at radius 2 is 1.95 bits per heavy atom. The molecule has 0 bridgehead atoms. The van der Waals surface area contributed by atoms with E-state index in [2.05, 4.69) is 5.32 Å². The van der Waals surface area contributed by atoms with Crippen molar-refractivity contribution in [3.8, 4) is 0 Å². The lowest BCUT2D eigenvalue weighted by Crippen LogP contribution is -2.44. The summed E-state index contributed by atoms with van der Waals surface area (Å²) in [7, 11) is 0. The van der Waals surface area contributed by atoms with Gasteiger partial charge in [0.1, 0.15) is 6.04 Å². The second-order valence-electron chi connectivity index (χ2n) is 4.78. The van der Waals surface area contributed by atoms with Crippen molar-refractivity contribution in [2.45, 2.75) is 32.0 Å². The van der Waals surface area contributed by atoms with Crippen LogP contribution in [0.3, 0.4) is 0 Å². The van der Waals surface area contributed by atoms with Gasteiger partial charge in [0.05, 0.1) is 11.3 Å². The summed E-state index contributed by atoms with van der Waals surface area (Å²) in [6.07, 6.45) is -4.24. The van der Waals surface area contributed by atoms with E-state index in [1.54, 1.807) is 6.92 Å². The minimum atomic E-state index is -4.55. The van der Waals surface area contributed by atoms with Crippen LogP contribution in [-0.4, -0.2) is 24.4 Å². The number of nitrogens with one attached hydrogen (secondary N) is 1. The Balaban J connectivity index is 2.45. The maximum Gasteiger partial charge on any atom is 0.418 e. The zero-order valence-electron chi connectivity index (χ0n) is 11.4. The molecule has 0 aromatic heterocycles. The molecule has 1 fully saturated rings. The number of anilines is 1. The topological polar surface area (TPSA) is 49.4 Å². The van der Waals surface area contributed by atoms with Crippen molar-refractivity contribution in [1.29, 1.82) is 0 Å². The van der Waals surface area contributed by atoms with E-state index in [0.717, 1.165) is 11.0 Å². The number of para-hydroxylation sites is 1. The lowest BCUT2D eigenvalue weighted by molar-refractivity contribution is -0.137. The first-order valence-corrected chi connectivity index (χ1v) is 6.61. The molecule has 0 radical (unpaired) electrons. The summed E-state index contributed by atoms with van der Waals surface area (Å²) in [4.78, 5) is 24.9. The minimum absolute atomic E-state index is 0.0194. The Kier molecular flexibility index (Phi) is 4.20. The molecule has 0 spiro atoms. The molecule has 7 heteroatoms. The second kappa shape index (κ2) is 5.75. The molecular weight excluding hydrogens is 285 g/mol. The molecule has 2 rings (SSSR count). The Hall–Kier alpha value is -2.05. The summed E-state index contributed by atoms with van der Waals surface area (Å²) < 4.78 is 39.2. The fraction of sp³-hybridized carbons (Fsp3) is 0.429. The molecule has 21 heavy (non-hydrogen) atoms. The molecule has 1 aliphatic rings. The third-order valence-corrected chi connectivity index (χ3v) is 3.37. The minimum Gasteiger partial charge on any atom is -0.344 e. The number of carbonyl (C=O) groups is 2. The summed E-state index contributed by atoms with van der Waals surface area (Å²) >= 11 is 0. The third kappa shape index (κ3) is 3.17. The number of hydrogen-bond acceptors (Lipinski definition) is 2. The zero-order valence-corrected chi connectivity index (χ0v) is 11.4. The quantitative estimate of drug-likeness (QED) is 0.911. The van der Waals surface area contributed by atoms with Crippen LogP contribution < -0.4 is 10.2 Å². The van der Waals surface area contributed by atoms with Gasteiger partial charge in [-0.25, -0.2) is 0 Å². The highest BCUT2D eigenvalue weighted by atomic mass is 19.4. The van der Waals surface area contributed by atoms with Gasteiger partial charge >= 0.3 is 6.18 Å². The van der Waals surface area contributed by atoms with Crippen molar-refractivity contribution in [3.63, 3.8) is 0 Å². The van der Waals surface area contributed by atoms with E-state index in [1.165, 1.54) is 18.2 Å². The molecule has 114 valence electrons. The Bertz CT molecular complexity index is 557. The molecule has 1 N–H and O–H groups in total. The summed E-state index contributed by atoms with van der Waals surface area (Å²) in [5, 5.41) is 2.52. The highest BCUT2D eigenvalue weighted by Crippen LogP contribution is 2.37. The molecule has 1 aliphatic heterocycles. The van der Waals surface area contributed by atoms with Crippen LogP contribution in [0.25, 0.3) is 0 Å². The van der Waals surface area contributed by atoms with Crippen LogP contribution in [0.15, 0.2) is 24.3 Å². The van der Waals surface area contributed by atoms with E-state index >= 15 is 0 Å². The largest absolute Gasteiger partial charge is 0.418 e. The van der Waals surface area contributed by atoms with E-state index in [4.69, 9.17) is 0 Å². The Labute approximate surface area is 119 Å². The first-order valence-electron chi connectivity index (χ1n) is 6.61. The predicted octanol–water partition coefficient (Wildman–Crippen LogP) is 2.34. The van der Waals surface area contributed by atoms with Crippen molar-refractivity contribution in [1.82, 2.24) is 5.32 Å². The van der Waals surface area contributed by atoms with Crippen LogP contribution in [0.2, 0.25) is 0 Å². The highest BCUT2D eigenvalue weighted by Gasteiger charge is 2.38. The van der Waals surface area contributed by atoms with Gasteiger partial charge in [0.15, 0.2) is 0 Å². The van der Waals surface area contributed by atoms with E-state index < -0.39 is 23.7 Å². The smallest absolute Gasteiger partial charge is 0.344 e. The fourth-order valence-corrected chi connectivity index (χ4v) is 2.30. The van der Waals surface area contributed by atoms with Crippen LogP contribution in [-0.2, 0) is 15.8 Å². The number of hydrogen-bond donors (Lipinski definition) is 1. The normalized spacial score (nSPS) is 20.2. The van der Waals surface area contributed by atoms with Gasteiger partial charge in [-0.3, -0.25) is 9.59 Å². The molecular formula is C14H15F3N2O2. The van der Waals surface area contributed by atoms with Gasteiger partial charge in [-0.15, -0.1) is 0 Å². The Morgan fingerprint density at radius 1 is 1.29 bits per heavy atom. The molecule has 2 amide bonds. The number of amides is 2. The van der Waals surface area contributed by atoms with Crippen LogP contribution in [0.1, 0.15) is 25.3 Å². The van der Waals surface area contributed by atoms with Crippen molar-refractivity contribution < 1.29 is 22.8 Å². The van der Waals surface area contributed by atoms with Gasteiger partial charge in [0, 0.05) is 13.0 Å². The third-order valence-electron chi connectivity index (χ3n) is 3.37. The van der Waals surface area contributed by atoms with Gasteiger partial charge in [-0.1, -0.05) is 19.1 Å². The van der Waals surface area contributed by atoms with Gasteiger partial charge in [-0.05, 0) is 18.6 Å². The Morgan fingerprint density at radius 3 is 2.57 bits per heavy atom. The van der Waals surface area contributed by atoms with Crippen LogP contribution in [0.4, 0.5) is 18.9 Å². The summed E-state index contributed by atoms with van der Waals surface area (Å²) in [6.45, 7) is 1.64. The van der Waals surface area contributed by atoms with Gasteiger partial charge in [0.2, 0.25) is 11.8 Å². The van der Waals surface area contributed by atoms with Crippen molar-refractivity contribution in [2.75, 3.05) is 11.4 Å². The van der Waals surface area contributed by atoms with Crippen molar-refractivity contribution >= 4 is 17.5 Å². The zero-order chi connectivity index (χ0) is 15.6. The molecule has 4 nitrogen and oxygen atoms in total. The van der Waals surface area contributed by atoms with E-state index in [1.807, 2.05) is 0 Å². The first kappa shape index (κ1) is 15.3. The van der Waals surface area contributed by atoms with Gasteiger partial charge < -0.3 is 10.2 Å². The standard InChI is InChI=1S/C14H15F3N2O2/c1-2-10-13(21)19(8-7-12(20)18-10)11-6-4-3-5-9(11)14(15,16)17/h3-6,10H,2,7-8H2,1H3,(H,18,20). The van der Waals surface area contributed by atoms with Crippen LogP contribution in [0.5, 0.6) is 0 Å². The molecule has 1 aromatic carbocycles. The molecule has 1 atom stereocenters. The van der Waals surface area contributed by atoms with E-state index in [0.29, 0.717) is 6.42 Å². The average Bonchev–Trinajstić information content (AvgIpc) is 2.57. The number of carbonyl (C=O) groups excluding carboxylic acids is 2. The lowest BCUT2D eigenvalue weighted by atomic mass is 10.1. The molecule has 1 unspecified atom stereocenters. The predicted molar refractivity (Wildman–Crippen MR) is 70.6 cm³/mol. The second-order valence-corrected chi connectivity index (χ2v) is 4.78. The number of benzene rings is 1. The number of halogens is 3. The summed E-state index contributed by atoms with van der Waals surface area (Å²) in [5.74, 6) is -0.845. The van der Waals surface area contributed by atoms with Gasteiger partial charge in [-0.2, -0.15) is 13.2 Å². The average molecular weight is 300 g/mol. The number of rotatable bonds is 2.